The van der Waals surface area contributed by atoms with Gasteiger partial charge in [0.25, 0.3) is 10.9 Å². The van der Waals surface area contributed by atoms with Gasteiger partial charge in [0, 0.05) is 18.3 Å². The highest BCUT2D eigenvalue weighted by Gasteiger charge is 2.37. The van der Waals surface area contributed by atoms with Gasteiger partial charge >= 0.3 is 12.4 Å². The fourth-order valence-electron chi connectivity index (χ4n) is 4.54. The van der Waals surface area contributed by atoms with Crippen molar-refractivity contribution in [1.29, 1.82) is 0 Å². The zero-order valence-electron chi connectivity index (χ0n) is 19.7. The molecular weight excluding hydrogens is 500 g/mol. The number of nitrogens with zero attached hydrogens (tertiary/aromatic N) is 1. The largest absolute Gasteiger partial charge is 0.416 e. The van der Waals surface area contributed by atoms with Crippen LogP contribution in [-0.2, 0) is 18.8 Å². The van der Waals surface area contributed by atoms with Crippen molar-refractivity contribution in [2.45, 2.75) is 44.1 Å². The average Bonchev–Trinajstić information content (AvgIpc) is 2.86. The summed E-state index contributed by atoms with van der Waals surface area (Å²) in [7, 11) is 0. The molecule has 1 aliphatic heterocycles. The first-order valence-corrected chi connectivity index (χ1v) is 11.8. The maximum absolute atomic E-state index is 13.2. The number of alkyl halides is 6. The Morgan fingerprint density at radius 2 is 1.35 bits per heavy atom. The maximum Gasteiger partial charge on any atom is 0.416 e. The van der Waals surface area contributed by atoms with Crippen LogP contribution in [0.25, 0.3) is 0 Å². The second-order valence-corrected chi connectivity index (χ2v) is 9.22. The molecule has 0 saturated carbocycles. The van der Waals surface area contributed by atoms with E-state index in [2.05, 4.69) is 15.5 Å². The first-order chi connectivity index (χ1) is 17.4. The van der Waals surface area contributed by atoms with E-state index < -0.39 is 40.0 Å². The van der Waals surface area contributed by atoms with E-state index in [9.17, 15) is 35.9 Å². The Labute approximate surface area is 208 Å². The Morgan fingerprint density at radius 1 is 0.784 bits per heavy atom. The van der Waals surface area contributed by atoms with Crippen molar-refractivity contribution in [3.63, 3.8) is 0 Å². The summed E-state index contributed by atoms with van der Waals surface area (Å²) in [6.07, 6.45) is -6.40. The average molecular weight is 525 g/mol. The third-order valence-electron chi connectivity index (χ3n) is 6.37. The number of halogens is 6. The van der Waals surface area contributed by atoms with Crippen LogP contribution in [0.5, 0.6) is 0 Å². The van der Waals surface area contributed by atoms with Gasteiger partial charge in [-0.15, -0.1) is 0 Å². The molecule has 4 rings (SSSR count). The molecular formula is C26H25F6N3O2. The van der Waals surface area contributed by atoms with Crippen LogP contribution in [0, 0.1) is 0 Å². The van der Waals surface area contributed by atoms with Gasteiger partial charge in [-0.25, -0.2) is 0 Å². The Kier molecular flexibility index (Phi) is 7.63. The topological polar surface area (TPSA) is 61.4 Å². The normalized spacial score (nSPS) is 16.1. The fourth-order valence-corrected chi connectivity index (χ4v) is 4.54. The summed E-state index contributed by atoms with van der Waals surface area (Å²) >= 11 is 0. The highest BCUT2D eigenvalue weighted by atomic mass is 19.4. The fraction of sp³-hybridized carbons (Fsp3) is 0.385. The zero-order chi connectivity index (χ0) is 26.8. The Morgan fingerprint density at radius 3 is 1.92 bits per heavy atom. The van der Waals surface area contributed by atoms with Crippen LogP contribution >= 0.6 is 0 Å². The minimum absolute atomic E-state index is 0.000972. The van der Waals surface area contributed by atoms with Gasteiger partial charge in [-0.05, 0) is 56.1 Å². The third kappa shape index (κ3) is 6.51. The van der Waals surface area contributed by atoms with Gasteiger partial charge in [0.15, 0.2) is 0 Å². The van der Waals surface area contributed by atoms with Crippen molar-refractivity contribution in [1.82, 2.24) is 4.90 Å². The second-order valence-electron chi connectivity index (χ2n) is 9.22. The van der Waals surface area contributed by atoms with Crippen LogP contribution in [0.2, 0.25) is 0 Å². The molecule has 0 radical (unpaired) electrons. The van der Waals surface area contributed by atoms with Crippen LogP contribution in [0.3, 0.4) is 0 Å². The molecule has 5 nitrogen and oxygen atoms in total. The molecule has 37 heavy (non-hydrogen) atoms. The molecule has 0 aliphatic carbocycles. The van der Waals surface area contributed by atoms with E-state index in [1.807, 2.05) is 30.3 Å². The molecule has 2 N–H and O–H groups in total. The summed E-state index contributed by atoms with van der Waals surface area (Å²) in [6, 6.07) is 10.0. The second kappa shape index (κ2) is 10.6. The van der Waals surface area contributed by atoms with Gasteiger partial charge in [-0.1, -0.05) is 36.8 Å². The molecule has 1 aliphatic rings. The number of nitrogens with one attached hydrogen (secondary N) is 2. The highest BCUT2D eigenvalue weighted by Crippen LogP contribution is 2.38. The molecule has 198 valence electrons. The van der Waals surface area contributed by atoms with Crippen LogP contribution in [0.1, 0.15) is 36.0 Å². The minimum Gasteiger partial charge on any atom is -0.376 e. The Bertz CT molecular complexity index is 1260. The first-order valence-electron chi connectivity index (χ1n) is 11.8. The molecule has 1 heterocycles. The molecule has 0 spiro atoms. The standard InChI is InChI=1S/C26H25F6N3O2/c27-25(28,29)17-12-18(26(30,31)32)14-19(13-17)33-21-22(24(37)23(21)36)34-20(11-16-7-3-1-4-8-16)15-35-9-5-2-6-10-35/h1,3-4,7-8,12-14,20,33-34H,2,5-6,9-11,15H2/t20-/m0/s1. The van der Waals surface area contributed by atoms with E-state index >= 15 is 0 Å². The van der Waals surface area contributed by atoms with E-state index in [0.29, 0.717) is 25.1 Å². The quantitative estimate of drug-likeness (QED) is 0.297. The summed E-state index contributed by atoms with van der Waals surface area (Å²) in [5.41, 5.74) is -5.05. The molecule has 1 atom stereocenters. The number of piperidine rings is 1. The minimum atomic E-state index is -5.04. The molecule has 0 bridgehead atoms. The van der Waals surface area contributed by atoms with Gasteiger partial charge in [-0.3, -0.25) is 9.59 Å². The van der Waals surface area contributed by atoms with Crippen molar-refractivity contribution in [3.05, 3.63) is 85.7 Å². The highest BCUT2D eigenvalue weighted by molar-refractivity contribution is 5.79. The number of hydrogen-bond acceptors (Lipinski definition) is 5. The van der Waals surface area contributed by atoms with E-state index in [4.69, 9.17) is 0 Å². The summed E-state index contributed by atoms with van der Waals surface area (Å²) in [5, 5.41) is 5.39. The predicted molar refractivity (Wildman–Crippen MR) is 129 cm³/mol. The number of benzene rings is 2. The lowest BCUT2D eigenvalue weighted by molar-refractivity contribution is -0.143. The molecule has 0 aromatic heterocycles. The summed E-state index contributed by atoms with van der Waals surface area (Å²) < 4.78 is 79.4. The lowest BCUT2D eigenvalue weighted by Crippen LogP contribution is -2.44. The van der Waals surface area contributed by atoms with Crippen LogP contribution in [0.15, 0.2) is 58.1 Å². The lowest BCUT2D eigenvalue weighted by Gasteiger charge is -2.32. The van der Waals surface area contributed by atoms with Gasteiger partial charge in [0.2, 0.25) is 0 Å². The summed E-state index contributed by atoms with van der Waals surface area (Å²) in [4.78, 5) is 26.9. The third-order valence-corrected chi connectivity index (χ3v) is 6.37. The van der Waals surface area contributed by atoms with E-state index in [-0.39, 0.29) is 23.5 Å². The van der Waals surface area contributed by atoms with Crippen LogP contribution < -0.4 is 21.5 Å². The molecule has 11 heteroatoms. The van der Waals surface area contributed by atoms with Crippen molar-refractivity contribution in [2.75, 3.05) is 30.3 Å². The SMILES string of the molecule is O=c1c(Nc2cc(C(F)(F)F)cc(C(F)(F)F)c2)c(N[C@@H](Cc2ccccc2)CN2CCCCC2)c1=O. The number of likely N-dealkylation sites (tertiary alicyclic amines) is 1. The van der Waals surface area contributed by atoms with Crippen molar-refractivity contribution in [2.24, 2.45) is 0 Å². The van der Waals surface area contributed by atoms with E-state index in [1.165, 1.54) is 0 Å². The summed E-state index contributed by atoms with van der Waals surface area (Å²) in [6.45, 7) is 2.29. The number of rotatable bonds is 8. The first kappa shape index (κ1) is 26.7. The molecule has 0 amide bonds. The smallest absolute Gasteiger partial charge is 0.376 e. The monoisotopic (exact) mass is 525 g/mol. The number of anilines is 3. The van der Waals surface area contributed by atoms with Gasteiger partial charge < -0.3 is 15.5 Å². The van der Waals surface area contributed by atoms with Crippen LogP contribution in [0.4, 0.5) is 43.4 Å². The molecule has 3 aromatic carbocycles. The van der Waals surface area contributed by atoms with Gasteiger partial charge in [0.1, 0.15) is 11.4 Å². The Hall–Kier alpha value is -3.34. The van der Waals surface area contributed by atoms with Crippen molar-refractivity contribution in [3.8, 4) is 0 Å². The van der Waals surface area contributed by atoms with Crippen molar-refractivity contribution >= 4 is 17.1 Å². The maximum atomic E-state index is 13.2. The van der Waals surface area contributed by atoms with E-state index in [0.717, 1.165) is 37.9 Å². The van der Waals surface area contributed by atoms with Gasteiger partial charge in [0.05, 0.1) is 11.1 Å². The zero-order valence-corrected chi connectivity index (χ0v) is 19.7. The number of hydrogen-bond donors (Lipinski definition) is 2. The molecule has 1 fully saturated rings. The van der Waals surface area contributed by atoms with Crippen molar-refractivity contribution < 1.29 is 26.3 Å². The van der Waals surface area contributed by atoms with Gasteiger partial charge in [-0.2, -0.15) is 26.3 Å². The lowest BCUT2D eigenvalue weighted by atomic mass is 10.0. The van der Waals surface area contributed by atoms with Crippen LogP contribution in [-0.4, -0.2) is 30.6 Å². The van der Waals surface area contributed by atoms with E-state index in [1.54, 1.807) is 0 Å². The molecule has 3 aromatic rings. The predicted octanol–water partition coefficient (Wildman–Crippen LogP) is 5.57. The Balaban J connectivity index is 1.62. The summed E-state index contributed by atoms with van der Waals surface area (Å²) in [5.74, 6) is 0. The molecule has 1 saturated heterocycles. The molecule has 0 unspecified atom stereocenters.